The Morgan fingerprint density at radius 1 is 1.04 bits per heavy atom. The number of nitrogens with zero attached hydrogens (tertiary/aromatic N) is 1. The molecule has 0 aromatic heterocycles. The van der Waals surface area contributed by atoms with Crippen molar-refractivity contribution in [3.8, 4) is 11.5 Å². The van der Waals surface area contributed by atoms with Crippen LogP contribution in [0.25, 0.3) is 0 Å². The average Bonchev–Trinajstić information content (AvgIpc) is 3.12. The van der Waals surface area contributed by atoms with Gasteiger partial charge in [-0.3, -0.25) is 14.5 Å². The predicted molar refractivity (Wildman–Crippen MR) is 108 cm³/mol. The third-order valence-corrected chi connectivity index (χ3v) is 4.55. The van der Waals surface area contributed by atoms with Crippen LogP contribution in [-0.4, -0.2) is 43.1 Å². The summed E-state index contributed by atoms with van der Waals surface area (Å²) < 4.78 is 10.6. The molecule has 0 unspecified atom stereocenters. The van der Waals surface area contributed by atoms with Gasteiger partial charge >= 0.3 is 0 Å². The minimum atomic E-state index is -0.215. The lowest BCUT2D eigenvalue weighted by atomic mass is 10.2. The molecule has 2 amide bonds. The number of carbonyl (C=O) groups is 2. The Morgan fingerprint density at radius 2 is 1.75 bits per heavy atom. The van der Waals surface area contributed by atoms with Gasteiger partial charge in [-0.1, -0.05) is 24.6 Å². The molecular formula is C20H22ClN3O4. The molecule has 0 atom stereocenters. The number of benzene rings is 2. The van der Waals surface area contributed by atoms with E-state index in [1.807, 2.05) is 19.9 Å². The number of rotatable bonds is 7. The molecule has 28 heavy (non-hydrogen) atoms. The Kier molecular flexibility index (Phi) is 6.38. The summed E-state index contributed by atoms with van der Waals surface area (Å²) in [7, 11) is 0. The molecule has 8 heteroatoms. The summed E-state index contributed by atoms with van der Waals surface area (Å²) in [5.74, 6) is 0.832. The second-order valence-corrected chi connectivity index (χ2v) is 6.86. The Bertz CT molecular complexity index is 888. The van der Waals surface area contributed by atoms with Crippen molar-refractivity contribution in [2.24, 2.45) is 0 Å². The molecule has 7 nitrogen and oxygen atoms in total. The van der Waals surface area contributed by atoms with Crippen LogP contribution in [0.5, 0.6) is 11.5 Å². The summed E-state index contributed by atoms with van der Waals surface area (Å²) in [4.78, 5) is 26.4. The van der Waals surface area contributed by atoms with Crippen molar-refractivity contribution in [1.29, 1.82) is 0 Å². The molecule has 0 bridgehead atoms. The number of likely N-dealkylation sites (N-methyl/N-ethyl adjacent to an activating group) is 1. The summed E-state index contributed by atoms with van der Waals surface area (Å²) >= 11 is 5.98. The van der Waals surface area contributed by atoms with E-state index in [0.717, 1.165) is 5.56 Å². The second kappa shape index (κ2) is 8.95. The van der Waals surface area contributed by atoms with Gasteiger partial charge in [0.05, 0.1) is 13.1 Å². The van der Waals surface area contributed by atoms with E-state index in [2.05, 4.69) is 10.6 Å². The minimum Gasteiger partial charge on any atom is -0.454 e. The van der Waals surface area contributed by atoms with Gasteiger partial charge in [0.2, 0.25) is 18.6 Å². The number of hydrogen-bond donors (Lipinski definition) is 2. The molecule has 0 saturated heterocycles. The highest BCUT2D eigenvalue weighted by Crippen LogP contribution is 2.34. The zero-order chi connectivity index (χ0) is 20.1. The van der Waals surface area contributed by atoms with E-state index >= 15 is 0 Å². The molecule has 3 rings (SSSR count). The second-order valence-electron chi connectivity index (χ2n) is 6.43. The summed E-state index contributed by atoms with van der Waals surface area (Å²) in [6.45, 7) is 4.70. The lowest BCUT2D eigenvalue weighted by Crippen LogP contribution is -2.38. The van der Waals surface area contributed by atoms with E-state index < -0.39 is 0 Å². The number of anilines is 2. The lowest BCUT2D eigenvalue weighted by Gasteiger charge is -2.20. The van der Waals surface area contributed by atoms with Crippen LogP contribution in [0.4, 0.5) is 11.4 Å². The number of aryl methyl sites for hydroxylation is 1. The first-order valence-corrected chi connectivity index (χ1v) is 9.30. The summed E-state index contributed by atoms with van der Waals surface area (Å²) in [6.07, 6.45) is 0. The van der Waals surface area contributed by atoms with Gasteiger partial charge in [-0.05, 0) is 43.3 Å². The molecule has 1 aliphatic rings. The number of carbonyl (C=O) groups excluding carboxylic acids is 2. The van der Waals surface area contributed by atoms with Crippen molar-refractivity contribution in [2.45, 2.75) is 13.8 Å². The first kappa shape index (κ1) is 20.0. The van der Waals surface area contributed by atoms with Crippen molar-refractivity contribution in [2.75, 3.05) is 37.1 Å². The van der Waals surface area contributed by atoms with E-state index in [9.17, 15) is 9.59 Å². The molecule has 0 aliphatic carbocycles. The van der Waals surface area contributed by atoms with Crippen molar-refractivity contribution in [1.82, 2.24) is 4.90 Å². The number of hydrogen-bond acceptors (Lipinski definition) is 5. The topological polar surface area (TPSA) is 79.9 Å². The van der Waals surface area contributed by atoms with Gasteiger partial charge in [-0.25, -0.2) is 0 Å². The smallest absolute Gasteiger partial charge is 0.238 e. The SMILES string of the molecule is CCN(CC(=O)Nc1ccc2c(c1)OCO2)CC(=O)Nc1cc(Cl)ccc1C. The molecule has 2 aromatic carbocycles. The number of halogens is 1. The van der Waals surface area contributed by atoms with Crippen LogP contribution in [0.3, 0.4) is 0 Å². The maximum Gasteiger partial charge on any atom is 0.238 e. The maximum atomic E-state index is 12.4. The predicted octanol–water partition coefficient (Wildman–Crippen LogP) is 3.28. The van der Waals surface area contributed by atoms with Crippen molar-refractivity contribution >= 4 is 34.8 Å². The van der Waals surface area contributed by atoms with Crippen molar-refractivity contribution < 1.29 is 19.1 Å². The highest BCUT2D eigenvalue weighted by molar-refractivity contribution is 6.31. The van der Waals surface area contributed by atoms with E-state index in [1.165, 1.54) is 0 Å². The van der Waals surface area contributed by atoms with Gasteiger partial charge in [0, 0.05) is 22.5 Å². The van der Waals surface area contributed by atoms with E-state index in [4.69, 9.17) is 21.1 Å². The van der Waals surface area contributed by atoms with Gasteiger partial charge in [0.25, 0.3) is 0 Å². The van der Waals surface area contributed by atoms with Gasteiger partial charge < -0.3 is 20.1 Å². The molecule has 0 saturated carbocycles. The quantitative estimate of drug-likeness (QED) is 0.741. The minimum absolute atomic E-state index is 0.0902. The van der Waals surface area contributed by atoms with Gasteiger partial charge in [0.15, 0.2) is 11.5 Å². The fraction of sp³-hybridized carbons (Fsp3) is 0.300. The molecule has 2 aromatic rings. The van der Waals surface area contributed by atoms with Gasteiger partial charge in [-0.2, -0.15) is 0 Å². The molecular weight excluding hydrogens is 382 g/mol. The summed E-state index contributed by atoms with van der Waals surface area (Å²) in [5.41, 5.74) is 2.20. The largest absolute Gasteiger partial charge is 0.454 e. The molecule has 1 aliphatic heterocycles. The number of ether oxygens (including phenoxy) is 2. The zero-order valence-corrected chi connectivity index (χ0v) is 16.5. The van der Waals surface area contributed by atoms with Crippen LogP contribution in [-0.2, 0) is 9.59 Å². The fourth-order valence-corrected chi connectivity index (χ4v) is 2.95. The Morgan fingerprint density at radius 3 is 2.50 bits per heavy atom. The fourth-order valence-electron chi connectivity index (χ4n) is 2.78. The maximum absolute atomic E-state index is 12.4. The average molecular weight is 404 g/mol. The molecule has 2 N–H and O–H groups in total. The van der Waals surface area contributed by atoms with Crippen LogP contribution in [0.1, 0.15) is 12.5 Å². The third-order valence-electron chi connectivity index (χ3n) is 4.31. The van der Waals surface area contributed by atoms with E-state index in [-0.39, 0.29) is 31.7 Å². The van der Waals surface area contributed by atoms with Crippen LogP contribution in [0, 0.1) is 6.92 Å². The molecule has 1 heterocycles. The molecule has 0 radical (unpaired) electrons. The first-order chi connectivity index (χ1) is 13.4. The van der Waals surface area contributed by atoms with Crippen LogP contribution in [0.15, 0.2) is 36.4 Å². The van der Waals surface area contributed by atoms with Crippen LogP contribution < -0.4 is 20.1 Å². The van der Waals surface area contributed by atoms with E-state index in [1.54, 1.807) is 35.2 Å². The normalized spacial score (nSPS) is 12.1. The summed E-state index contributed by atoms with van der Waals surface area (Å²) in [5, 5.41) is 6.20. The van der Waals surface area contributed by atoms with Crippen molar-refractivity contribution in [3.63, 3.8) is 0 Å². The van der Waals surface area contributed by atoms with Gasteiger partial charge in [0.1, 0.15) is 0 Å². The third kappa shape index (κ3) is 5.15. The highest BCUT2D eigenvalue weighted by Gasteiger charge is 2.17. The lowest BCUT2D eigenvalue weighted by molar-refractivity contribution is -0.119. The number of nitrogens with one attached hydrogen (secondary N) is 2. The summed E-state index contributed by atoms with van der Waals surface area (Å²) in [6, 6.07) is 10.5. The first-order valence-electron chi connectivity index (χ1n) is 8.92. The van der Waals surface area contributed by atoms with Crippen molar-refractivity contribution in [3.05, 3.63) is 47.0 Å². The van der Waals surface area contributed by atoms with Gasteiger partial charge in [-0.15, -0.1) is 0 Å². The van der Waals surface area contributed by atoms with E-state index in [0.29, 0.717) is 34.4 Å². The Balaban J connectivity index is 1.53. The Labute approximate surface area is 168 Å². The van der Waals surface area contributed by atoms with Crippen LogP contribution in [0.2, 0.25) is 5.02 Å². The number of fused-ring (bicyclic) bond motifs is 1. The molecule has 0 fully saturated rings. The standard InChI is InChI=1S/C20H22ClN3O4/c1-3-24(11-20(26)23-16-8-14(21)5-4-13(16)2)10-19(25)22-15-6-7-17-18(9-15)28-12-27-17/h4-9H,3,10-12H2,1-2H3,(H,22,25)(H,23,26). The van der Waals surface area contributed by atoms with Crippen LogP contribution >= 0.6 is 11.6 Å². The zero-order valence-electron chi connectivity index (χ0n) is 15.8. The molecule has 148 valence electrons. The Hall–Kier alpha value is -2.77. The monoisotopic (exact) mass is 403 g/mol. The number of amides is 2. The highest BCUT2D eigenvalue weighted by atomic mass is 35.5. The molecule has 0 spiro atoms.